The van der Waals surface area contributed by atoms with E-state index in [2.05, 4.69) is 26.0 Å². The zero-order valence-corrected chi connectivity index (χ0v) is 10.7. The summed E-state index contributed by atoms with van der Waals surface area (Å²) in [5.41, 5.74) is 0.631. The first-order valence-electron chi connectivity index (χ1n) is 5.14. The van der Waals surface area contributed by atoms with Crippen molar-refractivity contribution in [2.75, 3.05) is 12.9 Å². The van der Waals surface area contributed by atoms with Crippen LogP contribution in [0, 0.1) is 0 Å². The molecule has 1 rings (SSSR count). The van der Waals surface area contributed by atoms with Crippen LogP contribution in [0.3, 0.4) is 0 Å². The van der Waals surface area contributed by atoms with E-state index in [0.717, 1.165) is 0 Å². The van der Waals surface area contributed by atoms with Gasteiger partial charge in [0.1, 0.15) is 6.04 Å². The Balaban J connectivity index is 2.79. The molecule has 1 atom stereocenters. The van der Waals surface area contributed by atoms with Crippen LogP contribution in [-0.4, -0.2) is 43.3 Å². The van der Waals surface area contributed by atoms with Crippen molar-refractivity contribution >= 4 is 16.0 Å². The molecule has 0 amide bonds. The lowest BCUT2D eigenvalue weighted by atomic mass is 10.2. The molecule has 100 valence electrons. The second-order valence-electron chi connectivity index (χ2n) is 3.54. The highest BCUT2D eigenvalue weighted by Gasteiger charge is 2.25. The molecule has 0 aliphatic heterocycles. The number of ether oxygens (including phenoxy) is 1. The standard InChI is InChI=1S/C10H15N3O4S/c1-3-4-18(15,16)13-9(10(14)17-2)5-8-6-11-7-12-8/h3,6-7,9,13H,1,4-5H2,2H3,(H,11,12)/t9-/m0/s1. The Hall–Kier alpha value is -1.67. The summed E-state index contributed by atoms with van der Waals surface area (Å²) in [5.74, 6) is -0.916. The molecule has 1 heterocycles. The largest absolute Gasteiger partial charge is 0.468 e. The Labute approximate surface area is 105 Å². The van der Waals surface area contributed by atoms with Crippen LogP contribution < -0.4 is 4.72 Å². The quantitative estimate of drug-likeness (QED) is 0.520. The zero-order chi connectivity index (χ0) is 13.6. The molecule has 0 fully saturated rings. The summed E-state index contributed by atoms with van der Waals surface area (Å²) in [6, 6.07) is -0.986. The van der Waals surface area contributed by atoms with Crippen LogP contribution in [0.2, 0.25) is 0 Å². The monoisotopic (exact) mass is 273 g/mol. The number of sulfonamides is 1. The lowest BCUT2D eigenvalue weighted by Gasteiger charge is -2.15. The Morgan fingerprint density at radius 3 is 2.94 bits per heavy atom. The number of carbonyl (C=O) groups is 1. The highest BCUT2D eigenvalue weighted by molar-refractivity contribution is 7.89. The number of nitrogens with one attached hydrogen (secondary N) is 2. The van der Waals surface area contributed by atoms with Crippen molar-refractivity contribution in [3.63, 3.8) is 0 Å². The van der Waals surface area contributed by atoms with E-state index in [1.165, 1.54) is 25.7 Å². The predicted octanol–water partition coefficient (Wildman–Crippen LogP) is -0.401. The van der Waals surface area contributed by atoms with E-state index in [1.807, 2.05) is 0 Å². The molecule has 8 heteroatoms. The van der Waals surface area contributed by atoms with E-state index in [4.69, 9.17) is 0 Å². The van der Waals surface area contributed by atoms with Gasteiger partial charge in [-0.15, -0.1) is 6.58 Å². The summed E-state index contributed by atoms with van der Waals surface area (Å²) in [6.45, 7) is 3.34. The fourth-order valence-electron chi connectivity index (χ4n) is 1.35. The molecule has 2 N–H and O–H groups in total. The van der Waals surface area contributed by atoms with E-state index >= 15 is 0 Å². The second-order valence-corrected chi connectivity index (χ2v) is 5.34. The lowest BCUT2D eigenvalue weighted by Crippen LogP contribution is -2.43. The number of H-pyrrole nitrogens is 1. The van der Waals surface area contributed by atoms with Gasteiger partial charge in [0.15, 0.2) is 0 Å². The van der Waals surface area contributed by atoms with Crippen LogP contribution in [0.5, 0.6) is 0 Å². The van der Waals surface area contributed by atoms with Gasteiger partial charge in [0.2, 0.25) is 10.0 Å². The third-order valence-corrected chi connectivity index (χ3v) is 3.44. The summed E-state index contributed by atoms with van der Waals surface area (Å²) in [5, 5.41) is 0. The van der Waals surface area contributed by atoms with Gasteiger partial charge in [-0.3, -0.25) is 4.79 Å². The molecule has 1 aromatic rings. The average molecular weight is 273 g/mol. The molecule has 1 aromatic heterocycles. The zero-order valence-electron chi connectivity index (χ0n) is 9.92. The van der Waals surface area contributed by atoms with Crippen molar-refractivity contribution in [1.29, 1.82) is 0 Å². The Morgan fingerprint density at radius 2 is 2.44 bits per heavy atom. The van der Waals surface area contributed by atoms with E-state index < -0.39 is 22.0 Å². The minimum absolute atomic E-state index is 0.142. The molecule has 7 nitrogen and oxygen atoms in total. The van der Waals surface area contributed by atoms with Gasteiger partial charge in [-0.05, 0) is 0 Å². The third-order valence-electron chi connectivity index (χ3n) is 2.12. The maximum absolute atomic E-state index is 11.6. The van der Waals surface area contributed by atoms with Gasteiger partial charge in [0.25, 0.3) is 0 Å². The Bertz CT molecular complexity index is 495. The molecule has 0 aliphatic carbocycles. The number of rotatable bonds is 7. The van der Waals surface area contributed by atoms with Crippen LogP contribution in [0.4, 0.5) is 0 Å². The molecule has 0 aliphatic rings. The summed E-state index contributed by atoms with van der Waals surface area (Å²) in [7, 11) is -2.39. The van der Waals surface area contributed by atoms with Gasteiger partial charge in [-0.25, -0.2) is 18.1 Å². The van der Waals surface area contributed by atoms with E-state index in [0.29, 0.717) is 5.69 Å². The van der Waals surface area contributed by atoms with Gasteiger partial charge in [0.05, 0.1) is 19.2 Å². The van der Waals surface area contributed by atoms with E-state index in [9.17, 15) is 13.2 Å². The number of imidazole rings is 1. The normalized spacial score (nSPS) is 12.9. The van der Waals surface area contributed by atoms with Gasteiger partial charge in [-0.2, -0.15) is 0 Å². The molecular formula is C10H15N3O4S. The first-order chi connectivity index (χ1) is 8.48. The second kappa shape index (κ2) is 6.31. The number of esters is 1. The fourth-order valence-corrected chi connectivity index (χ4v) is 2.37. The van der Waals surface area contributed by atoms with Crippen molar-refractivity contribution in [3.05, 3.63) is 30.9 Å². The maximum atomic E-state index is 11.6. The molecule has 18 heavy (non-hydrogen) atoms. The van der Waals surface area contributed by atoms with Gasteiger partial charge < -0.3 is 9.72 Å². The van der Waals surface area contributed by atoms with Crippen molar-refractivity contribution in [1.82, 2.24) is 14.7 Å². The van der Waals surface area contributed by atoms with Crippen LogP contribution >= 0.6 is 0 Å². The summed E-state index contributed by atoms with van der Waals surface area (Å²) in [6.07, 6.45) is 4.34. The van der Waals surface area contributed by atoms with Gasteiger partial charge in [-0.1, -0.05) is 6.08 Å². The Morgan fingerprint density at radius 1 is 1.72 bits per heavy atom. The molecular weight excluding hydrogens is 258 g/mol. The first kappa shape index (κ1) is 14.4. The first-order valence-corrected chi connectivity index (χ1v) is 6.79. The maximum Gasteiger partial charge on any atom is 0.324 e. The molecule has 0 spiro atoms. The third kappa shape index (κ3) is 4.30. The highest BCUT2D eigenvalue weighted by Crippen LogP contribution is 2.02. The van der Waals surface area contributed by atoms with Gasteiger partial charge >= 0.3 is 5.97 Å². The highest BCUT2D eigenvalue weighted by atomic mass is 32.2. The molecule has 0 bridgehead atoms. The average Bonchev–Trinajstić information content (AvgIpc) is 2.79. The minimum atomic E-state index is -3.59. The summed E-state index contributed by atoms with van der Waals surface area (Å²) < 4.78 is 30.0. The van der Waals surface area contributed by atoms with Crippen LogP contribution in [-0.2, 0) is 26.0 Å². The van der Waals surface area contributed by atoms with Crippen molar-refractivity contribution in [3.8, 4) is 0 Å². The van der Waals surface area contributed by atoms with Crippen molar-refractivity contribution in [2.24, 2.45) is 0 Å². The number of hydrogen-bond donors (Lipinski definition) is 2. The van der Waals surface area contributed by atoms with Crippen molar-refractivity contribution in [2.45, 2.75) is 12.5 Å². The van der Waals surface area contributed by atoms with Gasteiger partial charge in [0, 0.05) is 18.3 Å². The fraction of sp³-hybridized carbons (Fsp3) is 0.400. The molecule has 0 radical (unpaired) electrons. The SMILES string of the molecule is C=CCS(=O)(=O)N[C@@H](Cc1cnc[nH]1)C(=O)OC. The molecule has 0 saturated carbocycles. The smallest absolute Gasteiger partial charge is 0.324 e. The van der Waals surface area contributed by atoms with Crippen LogP contribution in [0.25, 0.3) is 0 Å². The van der Waals surface area contributed by atoms with E-state index in [-0.39, 0.29) is 12.2 Å². The lowest BCUT2D eigenvalue weighted by molar-refractivity contribution is -0.142. The number of hydrogen-bond acceptors (Lipinski definition) is 5. The Kier molecular flexibility index (Phi) is 5.05. The number of aromatic nitrogens is 2. The molecule has 0 unspecified atom stereocenters. The number of aromatic amines is 1. The van der Waals surface area contributed by atoms with Crippen LogP contribution in [0.15, 0.2) is 25.2 Å². The topological polar surface area (TPSA) is 101 Å². The summed E-state index contributed by atoms with van der Waals surface area (Å²) in [4.78, 5) is 18.1. The predicted molar refractivity (Wildman–Crippen MR) is 65.2 cm³/mol. The number of carbonyl (C=O) groups excluding carboxylic acids is 1. The van der Waals surface area contributed by atoms with Crippen LogP contribution in [0.1, 0.15) is 5.69 Å². The number of methoxy groups -OCH3 is 1. The summed E-state index contributed by atoms with van der Waals surface area (Å²) >= 11 is 0. The van der Waals surface area contributed by atoms with E-state index in [1.54, 1.807) is 0 Å². The van der Waals surface area contributed by atoms with Crippen molar-refractivity contribution < 1.29 is 17.9 Å². The number of nitrogens with zero attached hydrogens (tertiary/aromatic N) is 1. The molecule has 0 saturated heterocycles. The molecule has 0 aromatic carbocycles. The minimum Gasteiger partial charge on any atom is -0.468 e.